The Morgan fingerprint density at radius 2 is 2.05 bits per heavy atom. The largest absolute Gasteiger partial charge is 0.497 e. The van der Waals surface area contributed by atoms with E-state index in [1.165, 1.54) is 20.3 Å². The van der Waals surface area contributed by atoms with Crippen molar-refractivity contribution in [3.8, 4) is 11.5 Å². The number of hydrogen-bond donors (Lipinski definition) is 2. The summed E-state index contributed by atoms with van der Waals surface area (Å²) >= 11 is 0. The molecule has 1 atom stereocenters. The van der Waals surface area contributed by atoms with Crippen molar-refractivity contribution in [1.29, 1.82) is 0 Å². The highest BCUT2D eigenvalue weighted by Gasteiger charge is 2.34. The maximum Gasteiger partial charge on any atom is 0.244 e. The van der Waals surface area contributed by atoms with E-state index >= 15 is 0 Å². The van der Waals surface area contributed by atoms with Crippen LogP contribution in [0.2, 0.25) is 0 Å². The fourth-order valence-corrected chi connectivity index (χ4v) is 3.59. The molecule has 0 spiro atoms. The van der Waals surface area contributed by atoms with Crippen LogP contribution in [0, 0.1) is 5.92 Å². The van der Waals surface area contributed by atoms with Crippen molar-refractivity contribution >= 4 is 10.0 Å². The molecule has 0 heterocycles. The van der Waals surface area contributed by atoms with E-state index < -0.39 is 10.0 Å². The SMILES string of the molecule is COc1ccc(OC)c(S(=O)(=O)NC(CN)C2CC2)c1. The Morgan fingerprint density at radius 1 is 1.35 bits per heavy atom. The molecule has 20 heavy (non-hydrogen) atoms. The van der Waals surface area contributed by atoms with Gasteiger partial charge < -0.3 is 15.2 Å². The second kappa shape index (κ2) is 5.99. The van der Waals surface area contributed by atoms with Gasteiger partial charge in [0.15, 0.2) is 0 Å². The number of rotatable bonds is 7. The van der Waals surface area contributed by atoms with Crippen LogP contribution in [0.25, 0.3) is 0 Å². The fraction of sp³-hybridized carbons (Fsp3) is 0.538. The van der Waals surface area contributed by atoms with Crippen molar-refractivity contribution in [3.05, 3.63) is 18.2 Å². The van der Waals surface area contributed by atoms with Crippen molar-refractivity contribution in [3.63, 3.8) is 0 Å². The van der Waals surface area contributed by atoms with Crippen molar-refractivity contribution < 1.29 is 17.9 Å². The van der Waals surface area contributed by atoms with Crippen LogP contribution in [-0.4, -0.2) is 35.2 Å². The maximum absolute atomic E-state index is 12.5. The van der Waals surface area contributed by atoms with Crippen LogP contribution in [-0.2, 0) is 10.0 Å². The van der Waals surface area contributed by atoms with E-state index in [1.54, 1.807) is 12.1 Å². The minimum atomic E-state index is -3.69. The van der Waals surface area contributed by atoms with Crippen molar-refractivity contribution in [1.82, 2.24) is 4.72 Å². The van der Waals surface area contributed by atoms with Gasteiger partial charge in [-0.15, -0.1) is 0 Å². The van der Waals surface area contributed by atoms with Gasteiger partial charge in [-0.2, -0.15) is 0 Å². The van der Waals surface area contributed by atoms with E-state index in [0.29, 0.717) is 11.7 Å². The number of benzene rings is 1. The predicted octanol–water partition coefficient (Wildman–Crippen LogP) is 0.719. The van der Waals surface area contributed by atoms with Crippen LogP contribution < -0.4 is 19.9 Å². The molecule has 7 heteroatoms. The lowest BCUT2D eigenvalue weighted by molar-refractivity contribution is 0.391. The molecule has 1 saturated carbocycles. The number of methoxy groups -OCH3 is 2. The van der Waals surface area contributed by atoms with E-state index in [-0.39, 0.29) is 23.2 Å². The Balaban J connectivity index is 2.31. The second-order valence-electron chi connectivity index (χ2n) is 4.82. The van der Waals surface area contributed by atoms with Gasteiger partial charge in [0.1, 0.15) is 16.4 Å². The van der Waals surface area contributed by atoms with Crippen molar-refractivity contribution in [2.45, 2.75) is 23.8 Å². The normalized spacial score (nSPS) is 16.8. The molecule has 0 saturated heterocycles. The zero-order valence-corrected chi connectivity index (χ0v) is 12.4. The smallest absolute Gasteiger partial charge is 0.244 e. The minimum absolute atomic E-state index is 0.0680. The predicted molar refractivity (Wildman–Crippen MR) is 75.4 cm³/mol. The molecular weight excluding hydrogens is 280 g/mol. The van der Waals surface area contributed by atoms with Crippen LogP contribution in [0.1, 0.15) is 12.8 Å². The molecule has 1 aromatic rings. The Bertz CT molecular complexity index is 570. The standard InChI is InChI=1S/C13H20N2O4S/c1-18-10-5-6-12(19-2)13(7-10)20(16,17)15-11(8-14)9-3-4-9/h5-7,9,11,15H,3-4,8,14H2,1-2H3. The fourth-order valence-electron chi connectivity index (χ4n) is 2.09. The molecular formula is C13H20N2O4S. The van der Waals surface area contributed by atoms with Crippen LogP contribution in [0.15, 0.2) is 23.1 Å². The molecule has 2 rings (SSSR count). The van der Waals surface area contributed by atoms with E-state index in [9.17, 15) is 8.42 Å². The lowest BCUT2D eigenvalue weighted by atomic mass is 10.2. The van der Waals surface area contributed by atoms with Crippen LogP contribution in [0.4, 0.5) is 0 Å². The van der Waals surface area contributed by atoms with Crippen LogP contribution in [0.3, 0.4) is 0 Å². The summed E-state index contributed by atoms with van der Waals surface area (Å²) in [6.45, 7) is 0.288. The van der Waals surface area contributed by atoms with Crippen molar-refractivity contribution in [2.75, 3.05) is 20.8 Å². The molecule has 1 aliphatic rings. The topological polar surface area (TPSA) is 90.6 Å². The van der Waals surface area contributed by atoms with Gasteiger partial charge in [0.2, 0.25) is 10.0 Å². The number of nitrogens with two attached hydrogens (primary N) is 1. The van der Waals surface area contributed by atoms with Gasteiger partial charge in [0.05, 0.1) is 14.2 Å². The van der Waals surface area contributed by atoms with E-state index in [1.807, 2.05) is 0 Å². The Labute approximate surface area is 119 Å². The van der Waals surface area contributed by atoms with Gasteiger partial charge in [-0.1, -0.05) is 0 Å². The summed E-state index contributed by atoms with van der Waals surface area (Å²) in [5.41, 5.74) is 5.64. The molecule has 0 amide bonds. The summed E-state index contributed by atoms with van der Waals surface area (Å²) in [5, 5.41) is 0. The first-order chi connectivity index (χ1) is 9.51. The van der Waals surface area contributed by atoms with Gasteiger partial charge in [0.25, 0.3) is 0 Å². The molecule has 0 bridgehead atoms. The summed E-state index contributed by atoms with van der Waals surface area (Å²) in [6.07, 6.45) is 2.03. The second-order valence-corrected chi connectivity index (χ2v) is 6.50. The summed E-state index contributed by atoms with van der Waals surface area (Å²) in [6, 6.07) is 4.44. The molecule has 1 unspecified atom stereocenters. The van der Waals surface area contributed by atoms with Gasteiger partial charge in [-0.3, -0.25) is 0 Å². The molecule has 0 aromatic heterocycles. The average Bonchev–Trinajstić information content (AvgIpc) is 3.28. The number of sulfonamides is 1. The lowest BCUT2D eigenvalue weighted by Gasteiger charge is -2.18. The third-order valence-corrected chi connectivity index (χ3v) is 4.92. The van der Waals surface area contributed by atoms with Gasteiger partial charge in [-0.05, 0) is 30.9 Å². The van der Waals surface area contributed by atoms with E-state index in [4.69, 9.17) is 15.2 Å². The third kappa shape index (κ3) is 3.23. The Kier molecular flexibility index (Phi) is 4.52. The van der Waals surface area contributed by atoms with E-state index in [0.717, 1.165) is 12.8 Å². The van der Waals surface area contributed by atoms with E-state index in [2.05, 4.69) is 4.72 Å². The Morgan fingerprint density at radius 3 is 2.55 bits per heavy atom. The first-order valence-electron chi connectivity index (χ1n) is 6.46. The monoisotopic (exact) mass is 300 g/mol. The van der Waals surface area contributed by atoms with Gasteiger partial charge >= 0.3 is 0 Å². The summed E-state index contributed by atoms with van der Waals surface area (Å²) in [5.74, 6) is 1.08. The maximum atomic E-state index is 12.5. The quantitative estimate of drug-likeness (QED) is 0.774. The Hall–Kier alpha value is -1.31. The van der Waals surface area contributed by atoms with Crippen LogP contribution in [0.5, 0.6) is 11.5 Å². The first kappa shape index (κ1) is 15.1. The zero-order valence-electron chi connectivity index (χ0n) is 11.6. The molecule has 0 aliphatic heterocycles. The highest BCUT2D eigenvalue weighted by Crippen LogP contribution is 2.34. The zero-order chi connectivity index (χ0) is 14.8. The summed E-state index contributed by atoms with van der Waals surface area (Å²) in [4.78, 5) is 0.0680. The minimum Gasteiger partial charge on any atom is -0.497 e. The molecule has 1 aromatic carbocycles. The molecule has 1 aliphatic carbocycles. The summed E-state index contributed by atoms with van der Waals surface area (Å²) < 4.78 is 37.8. The molecule has 3 N–H and O–H groups in total. The third-order valence-electron chi connectivity index (χ3n) is 3.41. The number of hydrogen-bond acceptors (Lipinski definition) is 5. The molecule has 0 radical (unpaired) electrons. The highest BCUT2D eigenvalue weighted by molar-refractivity contribution is 7.89. The number of nitrogens with one attached hydrogen (secondary N) is 1. The van der Waals surface area contributed by atoms with Gasteiger partial charge in [0, 0.05) is 18.7 Å². The molecule has 1 fully saturated rings. The van der Waals surface area contributed by atoms with Crippen LogP contribution >= 0.6 is 0 Å². The van der Waals surface area contributed by atoms with Gasteiger partial charge in [-0.25, -0.2) is 13.1 Å². The highest BCUT2D eigenvalue weighted by atomic mass is 32.2. The number of ether oxygens (including phenoxy) is 2. The average molecular weight is 300 g/mol. The molecule has 6 nitrogen and oxygen atoms in total. The first-order valence-corrected chi connectivity index (χ1v) is 7.94. The molecule has 112 valence electrons. The van der Waals surface area contributed by atoms with Crippen molar-refractivity contribution in [2.24, 2.45) is 11.7 Å². The lowest BCUT2D eigenvalue weighted by Crippen LogP contribution is -2.41. The summed E-state index contributed by atoms with van der Waals surface area (Å²) in [7, 11) is -0.770.